The number of carbonyl (C=O) groups excluding carboxylic acids is 1. The first-order chi connectivity index (χ1) is 13.5. The van der Waals surface area contributed by atoms with Crippen molar-refractivity contribution in [2.75, 3.05) is 20.2 Å². The molecule has 2 saturated heterocycles. The molecule has 2 aromatic rings. The van der Waals surface area contributed by atoms with Gasteiger partial charge in [-0.05, 0) is 68.0 Å². The van der Waals surface area contributed by atoms with E-state index in [0.717, 1.165) is 41.7 Å². The number of carbonyl (C=O) groups is 1. The van der Waals surface area contributed by atoms with Crippen molar-refractivity contribution in [1.82, 2.24) is 9.88 Å². The second-order valence-corrected chi connectivity index (χ2v) is 8.81. The van der Waals surface area contributed by atoms with Crippen molar-refractivity contribution in [3.05, 3.63) is 48.2 Å². The van der Waals surface area contributed by atoms with Crippen LogP contribution in [0.15, 0.2) is 36.9 Å². The summed E-state index contributed by atoms with van der Waals surface area (Å²) in [6.45, 7) is 7.39. The zero-order valence-electron chi connectivity index (χ0n) is 16.4. The summed E-state index contributed by atoms with van der Waals surface area (Å²) >= 11 is 1.45. The summed E-state index contributed by atoms with van der Waals surface area (Å²) in [5.74, 6) is 1.59. The fourth-order valence-corrected chi connectivity index (χ4v) is 5.98. The molecule has 2 fully saturated rings. The van der Waals surface area contributed by atoms with Crippen LogP contribution in [0.1, 0.15) is 29.3 Å². The lowest BCUT2D eigenvalue weighted by Crippen LogP contribution is -2.44. The van der Waals surface area contributed by atoms with Gasteiger partial charge in [0, 0.05) is 23.7 Å². The van der Waals surface area contributed by atoms with Crippen molar-refractivity contribution in [3.8, 4) is 5.75 Å². The number of ether oxygens (including phenoxy) is 1. The van der Waals surface area contributed by atoms with Crippen molar-refractivity contribution >= 4 is 27.9 Å². The lowest BCUT2D eigenvalue weighted by Gasteiger charge is -2.39. The van der Waals surface area contributed by atoms with E-state index in [1.54, 1.807) is 7.11 Å². The van der Waals surface area contributed by atoms with Crippen molar-refractivity contribution in [2.24, 2.45) is 17.6 Å². The molecule has 1 aromatic heterocycles. The summed E-state index contributed by atoms with van der Waals surface area (Å²) in [6, 6.07) is 8.28. The van der Waals surface area contributed by atoms with Gasteiger partial charge in [-0.2, -0.15) is 0 Å². The highest BCUT2D eigenvalue weighted by atomic mass is 32.2. The molecule has 0 bridgehead atoms. The van der Waals surface area contributed by atoms with Crippen LogP contribution in [0, 0.1) is 18.8 Å². The van der Waals surface area contributed by atoms with E-state index in [1.807, 2.05) is 31.2 Å². The molecule has 2 aliphatic rings. The fraction of sp³-hybridized carbons (Fsp3) is 0.455. The molecule has 2 aliphatic heterocycles. The van der Waals surface area contributed by atoms with Crippen LogP contribution in [0.2, 0.25) is 0 Å². The Balaban J connectivity index is 1.76. The van der Waals surface area contributed by atoms with Gasteiger partial charge in [-0.1, -0.05) is 17.8 Å². The number of hydrogen-bond acceptors (Lipinski definition) is 5. The third-order valence-electron chi connectivity index (χ3n) is 6.16. The van der Waals surface area contributed by atoms with Gasteiger partial charge in [-0.25, -0.2) is 0 Å². The van der Waals surface area contributed by atoms with Gasteiger partial charge in [-0.3, -0.25) is 9.78 Å². The predicted molar refractivity (Wildman–Crippen MR) is 115 cm³/mol. The van der Waals surface area contributed by atoms with Crippen molar-refractivity contribution in [1.29, 1.82) is 0 Å². The van der Waals surface area contributed by atoms with E-state index < -0.39 is 0 Å². The van der Waals surface area contributed by atoms with E-state index in [9.17, 15) is 4.79 Å². The predicted octanol–water partition coefficient (Wildman–Crippen LogP) is 4.30. The van der Waals surface area contributed by atoms with Crippen LogP contribution in [-0.4, -0.2) is 41.4 Å². The van der Waals surface area contributed by atoms with Crippen LogP contribution in [0.4, 0.5) is 4.79 Å². The van der Waals surface area contributed by atoms with Gasteiger partial charge >= 0.3 is 0 Å². The lowest BCUT2D eigenvalue weighted by molar-refractivity contribution is 0.136. The normalized spacial score (nSPS) is 25.6. The summed E-state index contributed by atoms with van der Waals surface area (Å²) in [4.78, 5) is 19.5. The molecule has 2 N–H and O–H groups in total. The number of thioether (sulfide) groups is 1. The molecular weight excluding hydrogens is 370 g/mol. The highest BCUT2D eigenvalue weighted by Crippen LogP contribution is 2.50. The number of amides is 1. The standard InChI is InChI=1S/C22H27N3O2S/c1-4-14(12-23)15-7-8-25-20(10-15)21(28-22(25)26)18-9-13(2)24-19-6-5-16(27-3)11-17(18)19/h4-6,9,11,14-15,20-21H,1,7-8,10,12,23H2,2-3H3/t14-,15-,20-,21+/m0/s1. The smallest absolute Gasteiger partial charge is 0.282 e. The molecular formula is C22H27N3O2S. The second-order valence-electron chi connectivity index (χ2n) is 7.72. The first-order valence-electron chi connectivity index (χ1n) is 9.81. The van der Waals surface area contributed by atoms with E-state index in [0.29, 0.717) is 18.4 Å². The molecule has 0 radical (unpaired) electrons. The Kier molecular flexibility index (Phi) is 5.34. The summed E-state index contributed by atoms with van der Waals surface area (Å²) in [6.07, 6.45) is 3.94. The van der Waals surface area contributed by atoms with Gasteiger partial charge < -0.3 is 15.4 Å². The van der Waals surface area contributed by atoms with E-state index in [2.05, 4.69) is 22.5 Å². The van der Waals surface area contributed by atoms with E-state index in [4.69, 9.17) is 10.5 Å². The number of fused-ring (bicyclic) bond motifs is 2. The Morgan fingerprint density at radius 2 is 2.29 bits per heavy atom. The molecule has 3 heterocycles. The molecule has 1 amide bonds. The number of nitrogens with two attached hydrogens (primary N) is 1. The molecule has 28 heavy (non-hydrogen) atoms. The fourth-order valence-electron chi connectivity index (χ4n) is 4.67. The SMILES string of the molecule is C=C[C@@H](CN)[C@H]1CCN2C(=O)S[C@H](c3cc(C)nc4ccc(OC)cc34)[C@@H]2C1. The van der Waals surface area contributed by atoms with Crippen LogP contribution in [0.3, 0.4) is 0 Å². The number of piperidine rings is 1. The van der Waals surface area contributed by atoms with Gasteiger partial charge in [0.15, 0.2) is 0 Å². The number of benzene rings is 1. The topological polar surface area (TPSA) is 68.5 Å². The molecule has 4 atom stereocenters. The van der Waals surface area contributed by atoms with Crippen LogP contribution in [0.25, 0.3) is 10.9 Å². The monoisotopic (exact) mass is 397 g/mol. The summed E-state index contributed by atoms with van der Waals surface area (Å²) in [5.41, 5.74) is 9.06. The Labute approximate surface area is 170 Å². The minimum atomic E-state index is 0.0924. The number of pyridine rings is 1. The highest BCUT2D eigenvalue weighted by Gasteiger charge is 2.46. The van der Waals surface area contributed by atoms with Crippen LogP contribution < -0.4 is 10.5 Å². The van der Waals surface area contributed by atoms with E-state index >= 15 is 0 Å². The Morgan fingerprint density at radius 1 is 1.46 bits per heavy atom. The number of aromatic nitrogens is 1. The molecule has 0 spiro atoms. The summed E-state index contributed by atoms with van der Waals surface area (Å²) < 4.78 is 5.44. The van der Waals surface area contributed by atoms with Crippen LogP contribution in [-0.2, 0) is 0 Å². The molecule has 6 heteroatoms. The number of rotatable bonds is 5. The van der Waals surface area contributed by atoms with Gasteiger partial charge in [0.05, 0.1) is 17.9 Å². The molecule has 5 nitrogen and oxygen atoms in total. The number of methoxy groups -OCH3 is 1. The first kappa shape index (κ1) is 19.3. The van der Waals surface area contributed by atoms with E-state index in [1.165, 1.54) is 17.3 Å². The van der Waals surface area contributed by atoms with Crippen molar-refractivity contribution in [3.63, 3.8) is 0 Å². The van der Waals surface area contributed by atoms with Gasteiger partial charge in [0.1, 0.15) is 5.75 Å². The lowest BCUT2D eigenvalue weighted by atomic mass is 9.79. The minimum absolute atomic E-state index is 0.0924. The zero-order valence-corrected chi connectivity index (χ0v) is 17.2. The maximum absolute atomic E-state index is 12.8. The molecule has 1 aromatic carbocycles. The van der Waals surface area contributed by atoms with Gasteiger partial charge in [0.2, 0.25) is 0 Å². The summed E-state index contributed by atoms with van der Waals surface area (Å²) in [5, 5.41) is 1.34. The second kappa shape index (κ2) is 7.76. The summed E-state index contributed by atoms with van der Waals surface area (Å²) in [7, 11) is 1.67. The maximum atomic E-state index is 12.8. The molecule has 0 aliphatic carbocycles. The third-order valence-corrected chi connectivity index (χ3v) is 7.42. The Morgan fingerprint density at radius 3 is 3.00 bits per heavy atom. The average molecular weight is 398 g/mol. The largest absolute Gasteiger partial charge is 0.497 e. The minimum Gasteiger partial charge on any atom is -0.497 e. The van der Waals surface area contributed by atoms with Gasteiger partial charge in [0.25, 0.3) is 5.24 Å². The molecule has 4 rings (SSSR count). The molecule has 0 saturated carbocycles. The number of nitrogens with zero attached hydrogens (tertiary/aromatic N) is 2. The number of aryl methyl sites for hydroxylation is 1. The average Bonchev–Trinajstić information content (AvgIpc) is 3.04. The first-order valence-corrected chi connectivity index (χ1v) is 10.7. The maximum Gasteiger partial charge on any atom is 0.282 e. The van der Waals surface area contributed by atoms with Crippen molar-refractivity contribution < 1.29 is 9.53 Å². The molecule has 148 valence electrons. The van der Waals surface area contributed by atoms with Crippen LogP contribution in [0.5, 0.6) is 5.75 Å². The van der Waals surface area contributed by atoms with E-state index in [-0.39, 0.29) is 16.5 Å². The van der Waals surface area contributed by atoms with Crippen molar-refractivity contribution in [2.45, 2.75) is 31.1 Å². The highest BCUT2D eigenvalue weighted by molar-refractivity contribution is 8.14. The third kappa shape index (κ3) is 3.29. The molecule has 0 unspecified atom stereocenters. The Bertz CT molecular complexity index is 916. The van der Waals surface area contributed by atoms with Crippen LogP contribution >= 0.6 is 11.8 Å². The van der Waals surface area contributed by atoms with Gasteiger partial charge in [-0.15, -0.1) is 6.58 Å². The quantitative estimate of drug-likeness (QED) is 0.762. The zero-order chi connectivity index (χ0) is 19.8. The Hall–Kier alpha value is -2.05. The number of hydrogen-bond donors (Lipinski definition) is 1.